The number of benzene rings is 4. The van der Waals surface area contributed by atoms with E-state index in [9.17, 15) is 9.59 Å². The molecule has 4 aromatic rings. The number of fused-ring (bicyclic) bond motifs is 1. The zero-order valence-electron chi connectivity index (χ0n) is 20.4. The van der Waals surface area contributed by atoms with E-state index in [1.807, 2.05) is 73.7 Å². The van der Waals surface area contributed by atoms with Gasteiger partial charge in [0, 0.05) is 27.2 Å². The minimum Gasteiger partial charge on any atom is -0.493 e. The van der Waals surface area contributed by atoms with E-state index in [1.165, 1.54) is 18.9 Å². The van der Waals surface area contributed by atoms with Gasteiger partial charge in [0.1, 0.15) is 0 Å². The molecule has 0 radical (unpaired) electrons. The third-order valence-electron chi connectivity index (χ3n) is 5.73. The van der Waals surface area contributed by atoms with Crippen molar-refractivity contribution >= 4 is 45.7 Å². The summed E-state index contributed by atoms with van der Waals surface area (Å²) in [5, 5.41) is 7.81. The number of nitrogens with one attached hydrogen (secondary N) is 2. The number of amides is 2. The summed E-state index contributed by atoms with van der Waals surface area (Å²) >= 11 is 1.47. The monoisotopic (exact) mass is 500 g/mol. The Morgan fingerprint density at radius 1 is 0.833 bits per heavy atom. The second kappa shape index (κ2) is 11.6. The molecule has 184 valence electrons. The quantitative estimate of drug-likeness (QED) is 0.253. The molecule has 0 aliphatic carbocycles. The van der Waals surface area contributed by atoms with Crippen LogP contribution in [0.5, 0.6) is 11.5 Å². The fourth-order valence-corrected chi connectivity index (χ4v) is 4.88. The molecule has 7 heteroatoms. The molecule has 2 N–H and O–H groups in total. The number of carbonyl (C=O) groups excluding carboxylic acids is 2. The van der Waals surface area contributed by atoms with E-state index in [0.29, 0.717) is 29.2 Å². The molecule has 0 aliphatic rings. The van der Waals surface area contributed by atoms with Crippen molar-refractivity contribution < 1.29 is 19.1 Å². The van der Waals surface area contributed by atoms with Gasteiger partial charge in [-0.2, -0.15) is 0 Å². The fraction of sp³-hybridized carbons (Fsp3) is 0.172. The molecule has 6 nitrogen and oxygen atoms in total. The Hall–Kier alpha value is -3.97. The van der Waals surface area contributed by atoms with Gasteiger partial charge in [0.2, 0.25) is 5.91 Å². The van der Waals surface area contributed by atoms with Crippen LogP contribution >= 0.6 is 11.8 Å². The van der Waals surface area contributed by atoms with Crippen molar-refractivity contribution in [2.24, 2.45) is 0 Å². The molecule has 0 saturated carbocycles. The molecule has 1 atom stereocenters. The maximum atomic E-state index is 13.1. The van der Waals surface area contributed by atoms with Crippen molar-refractivity contribution in [2.75, 3.05) is 24.9 Å². The predicted octanol–water partition coefficient (Wildman–Crippen LogP) is 6.62. The van der Waals surface area contributed by atoms with Crippen molar-refractivity contribution in [1.29, 1.82) is 0 Å². The Morgan fingerprint density at radius 2 is 1.58 bits per heavy atom. The third kappa shape index (κ3) is 5.80. The summed E-state index contributed by atoms with van der Waals surface area (Å²) in [5.74, 6) is 0.717. The van der Waals surface area contributed by atoms with Crippen molar-refractivity contribution in [3.8, 4) is 11.5 Å². The first kappa shape index (κ1) is 25.1. The number of hydrogen-bond donors (Lipinski definition) is 2. The summed E-state index contributed by atoms with van der Waals surface area (Å²) in [6.45, 7) is 1.99. The van der Waals surface area contributed by atoms with Crippen molar-refractivity contribution in [1.82, 2.24) is 0 Å². The topological polar surface area (TPSA) is 76.7 Å². The highest BCUT2D eigenvalue weighted by Crippen LogP contribution is 2.31. The van der Waals surface area contributed by atoms with Crippen molar-refractivity contribution in [3.63, 3.8) is 0 Å². The number of methoxy groups -OCH3 is 2. The Balaban J connectivity index is 1.45. The van der Waals surface area contributed by atoms with Gasteiger partial charge in [0.25, 0.3) is 5.91 Å². The van der Waals surface area contributed by atoms with Crippen LogP contribution in [0.15, 0.2) is 89.8 Å². The molecule has 2 amide bonds. The lowest BCUT2D eigenvalue weighted by molar-refractivity contribution is -0.115. The largest absolute Gasteiger partial charge is 0.493 e. The Labute approximate surface area is 215 Å². The van der Waals surface area contributed by atoms with Gasteiger partial charge in [-0.3, -0.25) is 9.59 Å². The molecule has 0 bridgehead atoms. The summed E-state index contributed by atoms with van der Waals surface area (Å²) in [6, 6.07) is 26.4. The Kier molecular flexibility index (Phi) is 8.13. The number of thioether (sulfide) groups is 1. The number of carbonyl (C=O) groups is 2. The van der Waals surface area contributed by atoms with E-state index in [0.717, 1.165) is 21.4 Å². The lowest BCUT2D eigenvalue weighted by atomic mass is 10.1. The molecule has 4 rings (SSSR count). The number of anilines is 2. The van der Waals surface area contributed by atoms with Crippen LogP contribution in [0, 0.1) is 0 Å². The standard InChI is InChI=1S/C29H28N2O4S/c1-4-27(29(33)31-24-14-7-10-19-9-5-6-13-23(19)24)36-22-12-8-11-21(18-22)30-28(32)20-15-16-25(34-2)26(17-20)35-3/h5-18,27H,4H2,1-3H3,(H,30,32)(H,31,33). The van der Waals surface area contributed by atoms with E-state index in [-0.39, 0.29) is 17.1 Å². The number of hydrogen-bond acceptors (Lipinski definition) is 5. The molecule has 0 aliphatic heterocycles. The van der Waals surface area contributed by atoms with Crippen LogP contribution in [-0.2, 0) is 4.79 Å². The molecule has 0 heterocycles. The number of ether oxygens (including phenoxy) is 2. The maximum absolute atomic E-state index is 13.1. The van der Waals surface area contributed by atoms with Crippen molar-refractivity contribution in [2.45, 2.75) is 23.5 Å². The summed E-state index contributed by atoms with van der Waals surface area (Å²) in [4.78, 5) is 26.8. The molecular formula is C29H28N2O4S. The van der Waals surface area contributed by atoms with E-state index < -0.39 is 0 Å². The van der Waals surface area contributed by atoms with E-state index in [1.54, 1.807) is 25.3 Å². The summed E-state index contributed by atoms with van der Waals surface area (Å²) in [5.41, 5.74) is 1.89. The van der Waals surface area contributed by atoms with Crippen LogP contribution in [0.3, 0.4) is 0 Å². The summed E-state index contributed by atoms with van der Waals surface area (Å²) in [7, 11) is 3.08. The van der Waals surface area contributed by atoms with Crippen LogP contribution in [0.1, 0.15) is 23.7 Å². The molecule has 0 aromatic heterocycles. The molecule has 36 heavy (non-hydrogen) atoms. The molecular weight excluding hydrogens is 472 g/mol. The SMILES string of the molecule is CCC(Sc1cccc(NC(=O)c2ccc(OC)c(OC)c2)c1)C(=O)Nc1cccc2ccccc12. The normalized spacial score (nSPS) is 11.5. The lowest BCUT2D eigenvalue weighted by Crippen LogP contribution is -2.24. The first-order valence-corrected chi connectivity index (χ1v) is 12.5. The highest BCUT2D eigenvalue weighted by Gasteiger charge is 2.19. The van der Waals surface area contributed by atoms with E-state index in [2.05, 4.69) is 10.6 Å². The fourth-order valence-electron chi connectivity index (χ4n) is 3.86. The molecule has 0 spiro atoms. The van der Waals surface area contributed by atoms with Gasteiger partial charge in [-0.05, 0) is 54.3 Å². The van der Waals surface area contributed by atoms with Gasteiger partial charge in [0.15, 0.2) is 11.5 Å². The maximum Gasteiger partial charge on any atom is 0.255 e. The predicted molar refractivity (Wildman–Crippen MR) is 146 cm³/mol. The minimum absolute atomic E-state index is 0.0568. The van der Waals surface area contributed by atoms with Crippen LogP contribution in [0.4, 0.5) is 11.4 Å². The van der Waals surface area contributed by atoms with Gasteiger partial charge < -0.3 is 20.1 Å². The van der Waals surface area contributed by atoms with Crippen molar-refractivity contribution in [3.05, 3.63) is 90.5 Å². The number of rotatable bonds is 9. The zero-order chi connectivity index (χ0) is 25.5. The zero-order valence-corrected chi connectivity index (χ0v) is 21.2. The summed E-state index contributed by atoms with van der Waals surface area (Å²) < 4.78 is 10.5. The second-order valence-electron chi connectivity index (χ2n) is 8.08. The second-order valence-corrected chi connectivity index (χ2v) is 9.36. The Bertz CT molecular complexity index is 1380. The van der Waals surface area contributed by atoms with Gasteiger partial charge in [-0.1, -0.05) is 49.4 Å². The molecule has 0 saturated heterocycles. The minimum atomic E-state index is -0.291. The third-order valence-corrected chi connectivity index (χ3v) is 7.08. The van der Waals surface area contributed by atoms with E-state index >= 15 is 0 Å². The van der Waals surface area contributed by atoms with Crippen LogP contribution in [-0.4, -0.2) is 31.3 Å². The van der Waals surface area contributed by atoms with Crippen LogP contribution in [0.2, 0.25) is 0 Å². The van der Waals surface area contributed by atoms with Crippen LogP contribution in [0.25, 0.3) is 10.8 Å². The van der Waals surface area contributed by atoms with Gasteiger partial charge in [0.05, 0.1) is 19.5 Å². The molecule has 4 aromatic carbocycles. The van der Waals surface area contributed by atoms with Crippen LogP contribution < -0.4 is 20.1 Å². The van der Waals surface area contributed by atoms with E-state index in [4.69, 9.17) is 9.47 Å². The van der Waals surface area contributed by atoms with Gasteiger partial charge in [-0.25, -0.2) is 0 Å². The van der Waals surface area contributed by atoms with Gasteiger partial charge in [-0.15, -0.1) is 11.8 Å². The molecule has 0 fully saturated rings. The lowest BCUT2D eigenvalue weighted by Gasteiger charge is -2.16. The van der Waals surface area contributed by atoms with Gasteiger partial charge >= 0.3 is 0 Å². The smallest absolute Gasteiger partial charge is 0.255 e. The average molecular weight is 501 g/mol. The average Bonchev–Trinajstić information content (AvgIpc) is 2.91. The summed E-state index contributed by atoms with van der Waals surface area (Å²) in [6.07, 6.45) is 0.656. The molecule has 1 unspecified atom stereocenters. The highest BCUT2D eigenvalue weighted by atomic mass is 32.2. The first-order valence-electron chi connectivity index (χ1n) is 11.6. The Morgan fingerprint density at radius 3 is 2.36 bits per heavy atom. The first-order chi connectivity index (χ1) is 17.5. The highest BCUT2D eigenvalue weighted by molar-refractivity contribution is 8.00.